The minimum atomic E-state index is 0.0295. The average molecular weight is 641 g/mol. The minimum absolute atomic E-state index is 0.0295. The van der Waals surface area contributed by atoms with E-state index in [1.165, 1.54) is 10.8 Å². The summed E-state index contributed by atoms with van der Waals surface area (Å²) in [5.74, 6) is 4.29. The van der Waals surface area contributed by atoms with Gasteiger partial charge in [-0.1, -0.05) is 84.9 Å². The Balaban J connectivity index is 1.18. The number of imidazole rings is 2. The lowest BCUT2D eigenvalue weighted by atomic mass is 9.35. The van der Waals surface area contributed by atoms with Crippen LogP contribution in [0.5, 0.6) is 23.0 Å². The maximum absolute atomic E-state index is 6.71. The molecule has 0 aliphatic carbocycles. The van der Waals surface area contributed by atoms with Gasteiger partial charge in [-0.25, -0.2) is 4.98 Å². The molecule has 0 amide bonds. The minimum Gasteiger partial charge on any atom is -0.458 e. The van der Waals surface area contributed by atoms with Crippen molar-refractivity contribution in [3.63, 3.8) is 0 Å². The van der Waals surface area contributed by atoms with Gasteiger partial charge in [0.1, 0.15) is 23.0 Å². The molecular formula is C43H25BN4O2. The van der Waals surface area contributed by atoms with E-state index >= 15 is 0 Å². The second-order valence-electron chi connectivity index (χ2n) is 13.2. The molecule has 50 heavy (non-hydrogen) atoms. The van der Waals surface area contributed by atoms with Crippen LogP contribution in [-0.2, 0) is 0 Å². The predicted octanol–water partition coefficient (Wildman–Crippen LogP) is 8.26. The van der Waals surface area contributed by atoms with Crippen LogP contribution in [0.25, 0.3) is 61.0 Å². The second-order valence-corrected chi connectivity index (χ2v) is 13.2. The van der Waals surface area contributed by atoms with Crippen LogP contribution in [0, 0.1) is 0 Å². The Bertz CT molecular complexity index is 2990. The lowest BCUT2D eigenvalue weighted by Gasteiger charge is -2.33. The van der Waals surface area contributed by atoms with E-state index in [2.05, 4.69) is 147 Å². The molecule has 10 aromatic rings. The summed E-state index contributed by atoms with van der Waals surface area (Å²) in [6.07, 6.45) is 0. The van der Waals surface area contributed by atoms with Crippen LogP contribution in [0.2, 0.25) is 0 Å². The molecule has 0 saturated heterocycles. The zero-order valence-corrected chi connectivity index (χ0v) is 26.6. The molecular weight excluding hydrogens is 615 g/mol. The molecule has 0 saturated carbocycles. The summed E-state index contributed by atoms with van der Waals surface area (Å²) in [7, 11) is 0. The van der Waals surface area contributed by atoms with Gasteiger partial charge in [0.05, 0.1) is 38.8 Å². The first kappa shape index (κ1) is 26.3. The largest absolute Gasteiger partial charge is 0.458 e. The number of rotatable bonds is 2. The molecule has 7 aromatic carbocycles. The van der Waals surface area contributed by atoms with Gasteiger partial charge in [0, 0.05) is 34.1 Å². The number of ether oxygens (including phenoxy) is 2. The third kappa shape index (κ3) is 3.35. The number of para-hydroxylation sites is 6. The number of hydrogen-bond donors (Lipinski definition) is 0. The SMILES string of the molecule is c1ccc(-n2c3cc4c(cc3n3c5ccccc5nc23)c2ccccc2n4-c2cc3c4c(c2)Oc2ccccc2B4c2ccccc2O3)cc1. The van der Waals surface area contributed by atoms with Crippen molar-refractivity contribution < 1.29 is 9.47 Å². The van der Waals surface area contributed by atoms with E-state index in [1.807, 2.05) is 18.2 Å². The Morgan fingerprint density at radius 1 is 0.440 bits per heavy atom. The standard InChI is InChI=1S/C43H25BN4O2/c1-2-12-26(13-3-1)47-37-25-35-29(24-36(37)48-34-19-9-7-17-32(34)45-43(47)48)28-14-4-8-18-33(28)46(35)27-22-40-42-41(23-27)50-39-21-11-6-16-31(39)44(42)30-15-5-10-20-38(30)49-40/h1-25H. The van der Waals surface area contributed by atoms with E-state index < -0.39 is 0 Å². The molecule has 0 bridgehead atoms. The summed E-state index contributed by atoms with van der Waals surface area (Å²) < 4.78 is 20.3. The van der Waals surface area contributed by atoms with Crippen molar-refractivity contribution in [2.75, 3.05) is 0 Å². The summed E-state index contributed by atoms with van der Waals surface area (Å²) in [6.45, 7) is 0.0295. The van der Waals surface area contributed by atoms with Gasteiger partial charge in [0.2, 0.25) is 5.78 Å². The smallest absolute Gasteiger partial charge is 0.260 e. The van der Waals surface area contributed by atoms with Crippen molar-refractivity contribution >= 4 is 72.8 Å². The molecule has 0 spiro atoms. The van der Waals surface area contributed by atoms with E-state index in [9.17, 15) is 0 Å². The van der Waals surface area contributed by atoms with E-state index in [0.717, 1.165) is 89.6 Å². The van der Waals surface area contributed by atoms with Gasteiger partial charge < -0.3 is 14.0 Å². The monoisotopic (exact) mass is 640 g/mol. The summed E-state index contributed by atoms with van der Waals surface area (Å²) in [6, 6.07) is 53.3. The molecule has 7 heteroatoms. The highest BCUT2D eigenvalue weighted by Crippen LogP contribution is 2.41. The van der Waals surface area contributed by atoms with Gasteiger partial charge in [-0.2, -0.15) is 0 Å². The number of aromatic nitrogens is 4. The topological polar surface area (TPSA) is 45.6 Å². The molecule has 5 heterocycles. The van der Waals surface area contributed by atoms with E-state index in [0.29, 0.717) is 0 Å². The Kier molecular flexibility index (Phi) is 4.96. The second kappa shape index (κ2) is 9.46. The van der Waals surface area contributed by atoms with E-state index in [-0.39, 0.29) is 6.71 Å². The first-order valence-corrected chi connectivity index (χ1v) is 16.9. The van der Waals surface area contributed by atoms with Gasteiger partial charge in [-0.15, -0.1) is 0 Å². The Morgan fingerprint density at radius 3 is 1.84 bits per heavy atom. The lowest BCUT2D eigenvalue weighted by molar-refractivity contribution is 0.464. The number of fused-ring (bicyclic) bond motifs is 12. The molecule has 2 aliphatic rings. The van der Waals surface area contributed by atoms with Gasteiger partial charge in [0.25, 0.3) is 6.71 Å². The average Bonchev–Trinajstić information content (AvgIpc) is 3.80. The summed E-state index contributed by atoms with van der Waals surface area (Å²) in [5, 5.41) is 2.34. The number of hydrogen-bond acceptors (Lipinski definition) is 3. The van der Waals surface area contributed by atoms with Gasteiger partial charge in [0.15, 0.2) is 0 Å². The van der Waals surface area contributed by atoms with Crippen molar-refractivity contribution in [1.82, 2.24) is 18.5 Å². The highest BCUT2D eigenvalue weighted by molar-refractivity contribution is 6.98. The number of benzene rings is 7. The van der Waals surface area contributed by atoms with Crippen molar-refractivity contribution in [2.24, 2.45) is 0 Å². The third-order valence-electron chi connectivity index (χ3n) is 10.5. The van der Waals surface area contributed by atoms with Crippen LogP contribution < -0.4 is 25.9 Å². The molecule has 12 rings (SSSR count). The summed E-state index contributed by atoms with van der Waals surface area (Å²) in [5.41, 5.74) is 11.9. The molecule has 0 N–H and O–H groups in total. The summed E-state index contributed by atoms with van der Waals surface area (Å²) >= 11 is 0. The van der Waals surface area contributed by atoms with E-state index in [1.54, 1.807) is 0 Å². The molecule has 0 atom stereocenters. The fourth-order valence-electron chi connectivity index (χ4n) is 8.48. The molecule has 6 nitrogen and oxygen atoms in total. The molecule has 0 unspecified atom stereocenters. The van der Waals surface area contributed by atoms with Gasteiger partial charge >= 0.3 is 0 Å². The van der Waals surface area contributed by atoms with Crippen molar-refractivity contribution in [3.8, 4) is 34.4 Å². The van der Waals surface area contributed by atoms with E-state index in [4.69, 9.17) is 14.5 Å². The Hall–Kier alpha value is -6.73. The van der Waals surface area contributed by atoms with Crippen LogP contribution in [0.15, 0.2) is 152 Å². The van der Waals surface area contributed by atoms with Gasteiger partial charge in [-0.3, -0.25) is 8.97 Å². The number of nitrogens with zero attached hydrogens (tertiary/aromatic N) is 4. The Morgan fingerprint density at radius 2 is 1.08 bits per heavy atom. The van der Waals surface area contributed by atoms with Crippen molar-refractivity contribution in [2.45, 2.75) is 0 Å². The Labute approximate surface area is 286 Å². The van der Waals surface area contributed by atoms with Crippen molar-refractivity contribution in [3.05, 3.63) is 152 Å². The van der Waals surface area contributed by atoms with Crippen LogP contribution in [0.1, 0.15) is 0 Å². The van der Waals surface area contributed by atoms with Crippen LogP contribution >= 0.6 is 0 Å². The van der Waals surface area contributed by atoms with Gasteiger partial charge in [-0.05, 0) is 65.5 Å². The predicted molar refractivity (Wildman–Crippen MR) is 202 cm³/mol. The molecule has 0 fully saturated rings. The first-order chi connectivity index (χ1) is 24.8. The molecule has 3 aromatic heterocycles. The maximum Gasteiger partial charge on any atom is 0.260 e. The quantitative estimate of drug-likeness (QED) is 0.179. The normalized spacial score (nSPS) is 13.1. The molecule has 0 radical (unpaired) electrons. The van der Waals surface area contributed by atoms with Crippen LogP contribution in [0.3, 0.4) is 0 Å². The van der Waals surface area contributed by atoms with Crippen LogP contribution in [0.4, 0.5) is 0 Å². The fraction of sp³-hybridized carbons (Fsp3) is 0. The first-order valence-electron chi connectivity index (χ1n) is 16.9. The maximum atomic E-state index is 6.71. The third-order valence-corrected chi connectivity index (χ3v) is 10.5. The highest BCUT2D eigenvalue weighted by atomic mass is 16.5. The highest BCUT2D eigenvalue weighted by Gasteiger charge is 2.40. The zero-order chi connectivity index (χ0) is 32.5. The zero-order valence-electron chi connectivity index (χ0n) is 26.6. The fourth-order valence-corrected chi connectivity index (χ4v) is 8.48. The lowest BCUT2D eigenvalue weighted by Crippen LogP contribution is -2.57. The molecule has 2 aliphatic heterocycles. The van der Waals surface area contributed by atoms with Crippen molar-refractivity contribution in [1.29, 1.82) is 0 Å². The summed E-state index contributed by atoms with van der Waals surface area (Å²) in [4.78, 5) is 5.15. The molecule has 232 valence electrons. The van der Waals surface area contributed by atoms with Crippen LogP contribution in [-0.4, -0.2) is 25.2 Å².